The average Bonchev–Trinajstić information content (AvgIpc) is 3.20. The van der Waals surface area contributed by atoms with Gasteiger partial charge in [0.1, 0.15) is 11.9 Å². The molecule has 4 fully saturated rings. The van der Waals surface area contributed by atoms with E-state index in [1.165, 1.54) is 38.5 Å². The number of rotatable bonds is 4. The van der Waals surface area contributed by atoms with E-state index in [4.69, 9.17) is 4.74 Å². The lowest BCUT2D eigenvalue weighted by Gasteiger charge is -2.68. The van der Waals surface area contributed by atoms with Crippen LogP contribution in [0, 0.1) is 39.4 Å². The fraction of sp³-hybridized carbons (Fsp3) is 0.900. The average molecular weight is 457 g/mol. The number of hydrogen-bond acceptors (Lipinski definition) is 3. The third-order valence-electron chi connectivity index (χ3n) is 12.3. The molecule has 4 aliphatic carbocycles. The molecule has 0 unspecified atom stereocenters. The molecule has 1 aliphatic heterocycles. The summed E-state index contributed by atoms with van der Waals surface area (Å²) >= 11 is 0. The predicted molar refractivity (Wildman–Crippen MR) is 133 cm³/mol. The second-order valence-corrected chi connectivity index (χ2v) is 14.4. The summed E-state index contributed by atoms with van der Waals surface area (Å²) in [6.45, 7) is 18.7. The first-order valence-electron chi connectivity index (χ1n) is 13.8. The van der Waals surface area contributed by atoms with E-state index < -0.39 is 0 Å². The van der Waals surface area contributed by atoms with Crippen molar-refractivity contribution in [1.82, 2.24) is 0 Å². The number of aliphatic hydroxyl groups excluding tert-OH is 1. The van der Waals surface area contributed by atoms with Gasteiger partial charge in [0.25, 0.3) is 0 Å². The summed E-state index contributed by atoms with van der Waals surface area (Å²) in [4.78, 5) is 12.9. The van der Waals surface area contributed by atoms with Gasteiger partial charge in [0.05, 0.1) is 11.7 Å². The molecule has 3 heteroatoms. The summed E-state index contributed by atoms with van der Waals surface area (Å²) in [6, 6.07) is 0. The lowest BCUT2D eigenvalue weighted by Crippen LogP contribution is -2.62. The Labute approximate surface area is 202 Å². The number of carbonyl (C=O) groups excluding carboxylic acids is 1. The minimum atomic E-state index is -0.363. The number of aliphatic hydroxyl groups is 1. The molecule has 0 bridgehead atoms. The quantitative estimate of drug-likeness (QED) is 0.371. The number of carbonyl (C=O) groups is 1. The highest BCUT2D eigenvalue weighted by atomic mass is 16.6. The molecule has 186 valence electrons. The molecular weight excluding hydrogens is 408 g/mol. The smallest absolute Gasteiger partial charge is 0.138 e. The third kappa shape index (κ3) is 3.16. The Bertz CT molecular complexity index is 883. The minimum Gasteiger partial charge on any atom is -0.390 e. The van der Waals surface area contributed by atoms with Gasteiger partial charge in [0.15, 0.2) is 0 Å². The maximum Gasteiger partial charge on any atom is 0.138 e. The van der Waals surface area contributed by atoms with E-state index in [2.05, 4.69) is 55.4 Å². The first-order valence-corrected chi connectivity index (χ1v) is 13.8. The summed E-state index contributed by atoms with van der Waals surface area (Å²) in [5, 5.41) is 10.8. The van der Waals surface area contributed by atoms with Gasteiger partial charge in [0.2, 0.25) is 0 Å². The van der Waals surface area contributed by atoms with E-state index in [1.54, 1.807) is 11.1 Å². The summed E-state index contributed by atoms with van der Waals surface area (Å²) in [6.07, 6.45) is 9.71. The SMILES string of the molecule is C[C@H](C[C@H](O)[C@H]1OC1(C)C)C1=C2CC[C@H]3[C@@]4(C)CCC(=O)C(C)(C)[C@@H]4CC[C@]3(C)[C@@]2(C)CC1. The molecular formula is C30H48O3. The number of fused-ring (bicyclic) bond motifs is 5. The van der Waals surface area contributed by atoms with E-state index in [1.807, 2.05) is 0 Å². The van der Waals surface area contributed by atoms with Crippen LogP contribution in [0.2, 0.25) is 0 Å². The van der Waals surface area contributed by atoms with Crippen LogP contribution in [0.25, 0.3) is 0 Å². The Kier molecular flexibility index (Phi) is 5.24. The second kappa shape index (κ2) is 7.19. The summed E-state index contributed by atoms with van der Waals surface area (Å²) in [7, 11) is 0. The van der Waals surface area contributed by atoms with E-state index in [0.717, 1.165) is 19.3 Å². The van der Waals surface area contributed by atoms with Crippen LogP contribution in [-0.4, -0.2) is 28.7 Å². The molecule has 0 amide bonds. The van der Waals surface area contributed by atoms with Crippen molar-refractivity contribution in [3.63, 3.8) is 0 Å². The summed E-state index contributed by atoms with van der Waals surface area (Å²) < 4.78 is 5.74. The lowest BCUT2D eigenvalue weighted by atomic mass is 9.36. The zero-order valence-corrected chi connectivity index (χ0v) is 22.5. The van der Waals surface area contributed by atoms with Crippen LogP contribution in [-0.2, 0) is 9.53 Å². The van der Waals surface area contributed by atoms with E-state index in [9.17, 15) is 9.90 Å². The van der Waals surface area contributed by atoms with Gasteiger partial charge in [-0.3, -0.25) is 4.79 Å². The topological polar surface area (TPSA) is 49.8 Å². The molecule has 5 aliphatic rings. The van der Waals surface area contributed by atoms with Crippen LogP contribution < -0.4 is 0 Å². The van der Waals surface area contributed by atoms with E-state index in [-0.39, 0.29) is 34.1 Å². The highest BCUT2D eigenvalue weighted by Gasteiger charge is 2.66. The molecule has 1 saturated heterocycles. The largest absolute Gasteiger partial charge is 0.390 e. The van der Waals surface area contributed by atoms with Crippen LogP contribution in [0.1, 0.15) is 113 Å². The van der Waals surface area contributed by atoms with Gasteiger partial charge in [-0.1, -0.05) is 52.7 Å². The standard InChI is InChI=1S/C30H48O3/c1-18(17-21(31)25-27(4,5)33-25)19-11-15-29(7)20(19)9-10-23-28(6)14-13-24(32)26(2,3)22(28)12-16-30(23,29)8/h18,21-23,25,31H,9-17H2,1-8H3/t18-,21+,22+,23+,25-,28+,29+,30+/m1/s1. The molecule has 3 saturated carbocycles. The Morgan fingerprint density at radius 1 is 0.939 bits per heavy atom. The van der Waals surface area contributed by atoms with Gasteiger partial charge in [-0.25, -0.2) is 0 Å². The molecule has 3 nitrogen and oxygen atoms in total. The van der Waals surface area contributed by atoms with E-state index in [0.29, 0.717) is 29.0 Å². The second-order valence-electron chi connectivity index (χ2n) is 14.4. The van der Waals surface area contributed by atoms with Gasteiger partial charge in [-0.05, 0) is 99.2 Å². The van der Waals surface area contributed by atoms with Gasteiger partial charge in [-0.2, -0.15) is 0 Å². The number of epoxide rings is 1. The molecule has 0 aromatic heterocycles. The zero-order valence-electron chi connectivity index (χ0n) is 22.5. The number of Topliss-reactive ketones (excluding diaryl/α,β-unsaturated/α-hetero) is 1. The Morgan fingerprint density at radius 3 is 2.24 bits per heavy atom. The number of ketones is 1. The molecule has 33 heavy (non-hydrogen) atoms. The van der Waals surface area contributed by atoms with Gasteiger partial charge >= 0.3 is 0 Å². The summed E-state index contributed by atoms with van der Waals surface area (Å²) in [5.74, 6) is 2.14. The molecule has 5 rings (SSSR count). The van der Waals surface area contributed by atoms with Crippen molar-refractivity contribution >= 4 is 5.78 Å². The predicted octanol–water partition coefficient (Wildman–Crippen LogP) is 6.87. The number of ether oxygens (including phenoxy) is 1. The number of hydrogen-bond donors (Lipinski definition) is 1. The Balaban J connectivity index is 1.43. The Morgan fingerprint density at radius 2 is 1.61 bits per heavy atom. The minimum absolute atomic E-state index is 0.000756. The molecule has 1 heterocycles. The normalized spacial score (nSPS) is 47.4. The Hall–Kier alpha value is -0.670. The number of allylic oxidation sites excluding steroid dienone is 2. The molecule has 0 aromatic carbocycles. The third-order valence-corrected chi connectivity index (χ3v) is 12.3. The highest BCUT2D eigenvalue weighted by molar-refractivity contribution is 5.85. The lowest BCUT2D eigenvalue weighted by molar-refractivity contribution is -0.180. The fourth-order valence-electron chi connectivity index (χ4n) is 10.1. The van der Waals surface area contributed by atoms with Gasteiger partial charge in [0, 0.05) is 11.8 Å². The van der Waals surface area contributed by atoms with Crippen LogP contribution >= 0.6 is 0 Å². The molecule has 0 aromatic rings. The van der Waals surface area contributed by atoms with Crippen LogP contribution in [0.5, 0.6) is 0 Å². The first-order chi connectivity index (χ1) is 15.2. The van der Waals surface area contributed by atoms with Crippen molar-refractivity contribution in [3.05, 3.63) is 11.1 Å². The van der Waals surface area contributed by atoms with Crippen molar-refractivity contribution < 1.29 is 14.6 Å². The van der Waals surface area contributed by atoms with Crippen molar-refractivity contribution in [2.24, 2.45) is 39.4 Å². The fourth-order valence-corrected chi connectivity index (χ4v) is 10.1. The first kappa shape index (κ1) is 24.0. The van der Waals surface area contributed by atoms with Crippen LogP contribution in [0.4, 0.5) is 0 Å². The van der Waals surface area contributed by atoms with Crippen molar-refractivity contribution in [2.75, 3.05) is 0 Å². The van der Waals surface area contributed by atoms with Crippen molar-refractivity contribution in [3.8, 4) is 0 Å². The maximum absolute atomic E-state index is 12.9. The van der Waals surface area contributed by atoms with Crippen molar-refractivity contribution in [1.29, 1.82) is 0 Å². The van der Waals surface area contributed by atoms with E-state index >= 15 is 0 Å². The monoisotopic (exact) mass is 456 g/mol. The summed E-state index contributed by atoms with van der Waals surface area (Å²) in [5.41, 5.74) is 3.92. The molecule has 1 N–H and O–H groups in total. The molecule has 0 radical (unpaired) electrons. The molecule has 8 atom stereocenters. The van der Waals surface area contributed by atoms with Gasteiger partial charge < -0.3 is 9.84 Å². The van der Waals surface area contributed by atoms with Crippen LogP contribution in [0.3, 0.4) is 0 Å². The molecule has 0 spiro atoms. The van der Waals surface area contributed by atoms with Crippen LogP contribution in [0.15, 0.2) is 11.1 Å². The highest BCUT2D eigenvalue weighted by Crippen LogP contribution is 2.74. The maximum atomic E-state index is 12.9. The van der Waals surface area contributed by atoms with Gasteiger partial charge in [-0.15, -0.1) is 0 Å². The van der Waals surface area contributed by atoms with Crippen molar-refractivity contribution in [2.45, 2.75) is 131 Å². The zero-order chi connectivity index (χ0) is 24.2.